The summed E-state index contributed by atoms with van der Waals surface area (Å²) in [6, 6.07) is 8.29. The van der Waals surface area contributed by atoms with Crippen LogP contribution in [0.25, 0.3) is 0 Å². The zero-order valence-electron chi connectivity index (χ0n) is 12.8. The number of hydrogen-bond donors (Lipinski definition) is 2. The maximum atomic E-state index is 12.1. The molecule has 5 heteroatoms. The summed E-state index contributed by atoms with van der Waals surface area (Å²) in [5.41, 5.74) is 2.50. The lowest BCUT2D eigenvalue weighted by Gasteiger charge is -2.25. The van der Waals surface area contributed by atoms with Crippen LogP contribution in [0.5, 0.6) is 0 Å². The Balaban J connectivity index is 0.00000176. The van der Waals surface area contributed by atoms with Crippen molar-refractivity contribution in [2.45, 2.75) is 31.8 Å². The molecule has 2 heterocycles. The standard InChI is InChI=1S/C17H24N2O2.ClH/c20-17(19-9-6-13-5-8-18-12-13)11-16-15-4-2-1-3-14(15)7-10-21-16;/h1-4,13,16,18H,5-12H2,(H,19,20);1H. The second-order valence-electron chi connectivity index (χ2n) is 6.01. The fraction of sp³-hybridized carbons (Fsp3) is 0.588. The molecular weight excluding hydrogens is 300 g/mol. The van der Waals surface area contributed by atoms with Gasteiger partial charge in [-0.2, -0.15) is 0 Å². The van der Waals surface area contributed by atoms with E-state index in [9.17, 15) is 4.79 Å². The molecule has 2 N–H and O–H groups in total. The van der Waals surface area contributed by atoms with E-state index >= 15 is 0 Å². The summed E-state index contributed by atoms with van der Waals surface area (Å²) in [6.45, 7) is 3.70. The highest BCUT2D eigenvalue weighted by Gasteiger charge is 2.23. The SMILES string of the molecule is Cl.O=C(CC1OCCc2ccccc21)NCCC1CCNC1. The molecule has 0 aliphatic carbocycles. The Hall–Kier alpha value is -1.10. The maximum Gasteiger partial charge on any atom is 0.222 e. The van der Waals surface area contributed by atoms with Gasteiger partial charge < -0.3 is 15.4 Å². The Morgan fingerprint density at radius 3 is 3.05 bits per heavy atom. The van der Waals surface area contributed by atoms with Crippen LogP contribution in [0.2, 0.25) is 0 Å². The largest absolute Gasteiger partial charge is 0.373 e. The van der Waals surface area contributed by atoms with Crippen molar-refractivity contribution in [1.82, 2.24) is 10.6 Å². The van der Waals surface area contributed by atoms with Gasteiger partial charge in [0, 0.05) is 6.54 Å². The first-order chi connectivity index (χ1) is 10.3. The summed E-state index contributed by atoms with van der Waals surface area (Å²) in [6.07, 6.45) is 3.60. The molecule has 2 aliphatic heterocycles. The first kappa shape index (κ1) is 17.3. The number of hydrogen-bond acceptors (Lipinski definition) is 3. The summed E-state index contributed by atoms with van der Waals surface area (Å²) in [7, 11) is 0. The fourth-order valence-corrected chi connectivity index (χ4v) is 3.26. The summed E-state index contributed by atoms with van der Waals surface area (Å²) in [5.74, 6) is 0.819. The average Bonchev–Trinajstić information content (AvgIpc) is 3.01. The lowest BCUT2D eigenvalue weighted by Crippen LogP contribution is -2.29. The van der Waals surface area contributed by atoms with Crippen molar-refractivity contribution < 1.29 is 9.53 Å². The van der Waals surface area contributed by atoms with Crippen molar-refractivity contribution in [2.75, 3.05) is 26.2 Å². The quantitative estimate of drug-likeness (QED) is 0.873. The Labute approximate surface area is 138 Å². The molecule has 1 amide bonds. The molecule has 2 atom stereocenters. The van der Waals surface area contributed by atoms with Crippen LogP contribution in [0.4, 0.5) is 0 Å². The minimum atomic E-state index is -0.0805. The minimum Gasteiger partial charge on any atom is -0.373 e. The van der Waals surface area contributed by atoms with Gasteiger partial charge in [0.15, 0.2) is 0 Å². The van der Waals surface area contributed by atoms with E-state index in [1.165, 1.54) is 17.5 Å². The summed E-state index contributed by atoms with van der Waals surface area (Å²) < 4.78 is 5.78. The van der Waals surface area contributed by atoms with E-state index in [0.29, 0.717) is 13.0 Å². The van der Waals surface area contributed by atoms with Crippen LogP contribution >= 0.6 is 12.4 Å². The van der Waals surface area contributed by atoms with Gasteiger partial charge in [-0.05, 0) is 49.4 Å². The number of rotatable bonds is 5. The van der Waals surface area contributed by atoms with E-state index in [4.69, 9.17) is 4.74 Å². The molecule has 0 bridgehead atoms. The topological polar surface area (TPSA) is 50.4 Å². The smallest absolute Gasteiger partial charge is 0.222 e. The molecule has 1 aromatic rings. The van der Waals surface area contributed by atoms with Crippen LogP contribution in [0.1, 0.15) is 36.5 Å². The number of fused-ring (bicyclic) bond motifs is 1. The van der Waals surface area contributed by atoms with Gasteiger partial charge in [0.25, 0.3) is 0 Å². The van der Waals surface area contributed by atoms with Crippen molar-refractivity contribution in [3.8, 4) is 0 Å². The second-order valence-corrected chi connectivity index (χ2v) is 6.01. The highest BCUT2D eigenvalue weighted by molar-refractivity contribution is 5.85. The zero-order valence-corrected chi connectivity index (χ0v) is 13.7. The normalized spacial score (nSPS) is 23.5. The van der Waals surface area contributed by atoms with Gasteiger partial charge in [0.05, 0.1) is 19.1 Å². The first-order valence-corrected chi connectivity index (χ1v) is 8.00. The zero-order chi connectivity index (χ0) is 14.5. The first-order valence-electron chi connectivity index (χ1n) is 8.00. The lowest BCUT2D eigenvalue weighted by molar-refractivity contribution is -0.124. The number of ether oxygens (including phenoxy) is 1. The van der Waals surface area contributed by atoms with Crippen LogP contribution in [0, 0.1) is 5.92 Å². The van der Waals surface area contributed by atoms with Crippen LogP contribution in [0.3, 0.4) is 0 Å². The van der Waals surface area contributed by atoms with Gasteiger partial charge in [-0.3, -0.25) is 4.79 Å². The number of halogens is 1. The van der Waals surface area contributed by atoms with Crippen molar-refractivity contribution in [3.05, 3.63) is 35.4 Å². The Morgan fingerprint density at radius 2 is 2.23 bits per heavy atom. The molecule has 0 aromatic heterocycles. The van der Waals surface area contributed by atoms with E-state index in [1.807, 2.05) is 6.07 Å². The van der Waals surface area contributed by atoms with Gasteiger partial charge in [-0.25, -0.2) is 0 Å². The molecule has 0 saturated carbocycles. The number of benzene rings is 1. The van der Waals surface area contributed by atoms with Gasteiger partial charge in [0.2, 0.25) is 5.91 Å². The van der Waals surface area contributed by atoms with Crippen molar-refractivity contribution in [1.29, 1.82) is 0 Å². The Kier molecular flexibility index (Phi) is 6.68. The second kappa shape index (κ2) is 8.51. The van der Waals surface area contributed by atoms with Crippen LogP contribution < -0.4 is 10.6 Å². The maximum absolute atomic E-state index is 12.1. The van der Waals surface area contributed by atoms with Gasteiger partial charge in [-0.15, -0.1) is 12.4 Å². The average molecular weight is 325 g/mol. The minimum absolute atomic E-state index is 0. The van der Waals surface area contributed by atoms with Gasteiger partial charge in [-0.1, -0.05) is 24.3 Å². The molecule has 4 nitrogen and oxygen atoms in total. The molecule has 2 aliphatic rings. The summed E-state index contributed by atoms with van der Waals surface area (Å²) >= 11 is 0. The molecule has 2 unspecified atom stereocenters. The van der Waals surface area contributed by atoms with E-state index in [2.05, 4.69) is 28.8 Å². The number of carbonyl (C=O) groups excluding carboxylic acids is 1. The van der Waals surface area contributed by atoms with E-state index in [-0.39, 0.29) is 24.4 Å². The lowest BCUT2D eigenvalue weighted by atomic mass is 9.95. The Bertz CT molecular complexity index is 489. The predicted octanol–water partition coefficient (Wildman–Crippen LogP) is 2.23. The molecule has 1 saturated heterocycles. The van der Waals surface area contributed by atoms with E-state index in [1.54, 1.807) is 0 Å². The van der Waals surface area contributed by atoms with Crippen LogP contribution in [-0.4, -0.2) is 32.1 Å². The van der Waals surface area contributed by atoms with Gasteiger partial charge >= 0.3 is 0 Å². The molecular formula is C17H25ClN2O2. The molecule has 3 rings (SSSR count). The highest BCUT2D eigenvalue weighted by Crippen LogP contribution is 2.29. The molecule has 122 valence electrons. The third-order valence-electron chi connectivity index (χ3n) is 4.50. The van der Waals surface area contributed by atoms with Crippen molar-refractivity contribution >= 4 is 18.3 Å². The highest BCUT2D eigenvalue weighted by atomic mass is 35.5. The number of nitrogens with one attached hydrogen (secondary N) is 2. The monoisotopic (exact) mass is 324 g/mol. The Morgan fingerprint density at radius 1 is 1.36 bits per heavy atom. The van der Waals surface area contributed by atoms with Crippen LogP contribution in [-0.2, 0) is 16.0 Å². The van der Waals surface area contributed by atoms with E-state index < -0.39 is 0 Å². The predicted molar refractivity (Wildman–Crippen MR) is 89.3 cm³/mol. The van der Waals surface area contributed by atoms with Crippen molar-refractivity contribution in [2.24, 2.45) is 5.92 Å². The number of amides is 1. The fourth-order valence-electron chi connectivity index (χ4n) is 3.26. The van der Waals surface area contributed by atoms with E-state index in [0.717, 1.165) is 38.4 Å². The van der Waals surface area contributed by atoms with Crippen LogP contribution in [0.15, 0.2) is 24.3 Å². The molecule has 22 heavy (non-hydrogen) atoms. The summed E-state index contributed by atoms with van der Waals surface area (Å²) in [5, 5.41) is 6.40. The van der Waals surface area contributed by atoms with Crippen molar-refractivity contribution in [3.63, 3.8) is 0 Å². The molecule has 0 spiro atoms. The molecule has 0 radical (unpaired) electrons. The number of carbonyl (C=O) groups is 1. The van der Waals surface area contributed by atoms with Gasteiger partial charge in [0.1, 0.15) is 0 Å². The third-order valence-corrected chi connectivity index (χ3v) is 4.50. The molecule has 1 fully saturated rings. The molecule has 1 aromatic carbocycles. The summed E-state index contributed by atoms with van der Waals surface area (Å²) in [4.78, 5) is 12.1. The third kappa shape index (κ3) is 4.45.